The molecule has 0 spiro atoms. The lowest BCUT2D eigenvalue weighted by Gasteiger charge is -2.21. The van der Waals surface area contributed by atoms with Crippen LogP contribution in [0.25, 0.3) is 0 Å². The zero-order chi connectivity index (χ0) is 16.4. The Morgan fingerprint density at radius 1 is 1.14 bits per heavy atom. The highest BCUT2D eigenvalue weighted by atomic mass is 19.2. The first kappa shape index (κ1) is 16.3. The zero-order valence-electron chi connectivity index (χ0n) is 11.8. The lowest BCUT2D eigenvalue weighted by molar-refractivity contribution is -0.130. The van der Waals surface area contributed by atoms with E-state index in [1.165, 1.54) is 4.90 Å². The molecule has 0 aromatic heterocycles. The fraction of sp³-hybridized carbons (Fsp3) is 0.429. The molecule has 0 saturated carbocycles. The molecule has 0 aliphatic carbocycles. The number of benzene rings is 1. The second-order valence-corrected chi connectivity index (χ2v) is 4.90. The fourth-order valence-electron chi connectivity index (χ4n) is 2.33. The molecule has 8 heteroatoms. The van der Waals surface area contributed by atoms with Crippen LogP contribution in [-0.4, -0.2) is 47.8 Å². The number of hydrogen-bond acceptors (Lipinski definition) is 2. The van der Waals surface area contributed by atoms with Gasteiger partial charge in [-0.2, -0.15) is 0 Å². The first-order chi connectivity index (χ1) is 10.4. The van der Waals surface area contributed by atoms with Crippen molar-refractivity contribution in [3.63, 3.8) is 0 Å². The minimum absolute atomic E-state index is 0.140. The van der Waals surface area contributed by atoms with E-state index in [0.29, 0.717) is 25.6 Å². The Balaban J connectivity index is 2.30. The van der Waals surface area contributed by atoms with E-state index >= 15 is 0 Å². The molecule has 0 unspecified atom stereocenters. The number of likely N-dealkylation sites (N-methyl/N-ethyl adjacent to an activating group) is 1. The summed E-state index contributed by atoms with van der Waals surface area (Å²) in [6, 6.07) is 0.309. The number of halogens is 4. The summed E-state index contributed by atoms with van der Waals surface area (Å²) in [5.74, 6) is -8.80. The average molecular weight is 318 g/mol. The Morgan fingerprint density at radius 3 is 2.45 bits per heavy atom. The minimum atomic E-state index is -2.04. The van der Waals surface area contributed by atoms with Crippen molar-refractivity contribution in [3.05, 3.63) is 34.9 Å². The van der Waals surface area contributed by atoms with E-state index in [1.54, 1.807) is 6.92 Å². The van der Waals surface area contributed by atoms with Gasteiger partial charge in [-0.1, -0.05) is 0 Å². The van der Waals surface area contributed by atoms with Gasteiger partial charge in [-0.3, -0.25) is 9.59 Å². The third kappa shape index (κ3) is 2.90. The van der Waals surface area contributed by atoms with Crippen molar-refractivity contribution in [2.45, 2.75) is 13.3 Å². The summed E-state index contributed by atoms with van der Waals surface area (Å²) in [5, 5.41) is 0. The number of amides is 2. The van der Waals surface area contributed by atoms with Crippen LogP contribution >= 0.6 is 0 Å². The lowest BCUT2D eigenvalue weighted by atomic mass is 10.1. The van der Waals surface area contributed by atoms with Gasteiger partial charge < -0.3 is 9.80 Å². The maximum atomic E-state index is 13.7. The maximum absolute atomic E-state index is 13.7. The van der Waals surface area contributed by atoms with Gasteiger partial charge in [-0.05, 0) is 19.4 Å². The molecule has 0 radical (unpaired) electrons. The third-order valence-corrected chi connectivity index (χ3v) is 3.54. The van der Waals surface area contributed by atoms with Gasteiger partial charge in [-0.25, -0.2) is 17.6 Å². The lowest BCUT2D eigenvalue weighted by Crippen LogP contribution is -2.39. The second kappa shape index (κ2) is 6.33. The highest BCUT2D eigenvalue weighted by Gasteiger charge is 2.29. The summed E-state index contributed by atoms with van der Waals surface area (Å²) in [4.78, 5) is 26.6. The van der Waals surface area contributed by atoms with Gasteiger partial charge in [0.05, 0.1) is 5.56 Å². The molecule has 4 nitrogen and oxygen atoms in total. The highest BCUT2D eigenvalue weighted by Crippen LogP contribution is 2.20. The van der Waals surface area contributed by atoms with Gasteiger partial charge >= 0.3 is 0 Å². The summed E-state index contributed by atoms with van der Waals surface area (Å²) in [7, 11) is 0. The van der Waals surface area contributed by atoms with Crippen LogP contribution < -0.4 is 0 Å². The molecule has 1 saturated heterocycles. The molecule has 1 aromatic carbocycles. The Labute approximate surface area is 124 Å². The molecule has 2 amide bonds. The number of hydrogen-bond donors (Lipinski definition) is 0. The summed E-state index contributed by atoms with van der Waals surface area (Å²) in [6.07, 6.45) is 0.457. The molecule has 22 heavy (non-hydrogen) atoms. The molecule has 0 bridgehead atoms. The third-order valence-electron chi connectivity index (χ3n) is 3.54. The van der Waals surface area contributed by atoms with Crippen LogP contribution in [0.2, 0.25) is 0 Å². The Morgan fingerprint density at radius 2 is 1.82 bits per heavy atom. The van der Waals surface area contributed by atoms with Crippen molar-refractivity contribution < 1.29 is 27.2 Å². The second-order valence-electron chi connectivity index (χ2n) is 4.90. The standard InChI is InChI=1S/C14H14F4N2O2/c1-2-19-4-3-5-20(7-10(19)21)14(22)8-6-9(15)12(17)13(18)11(8)16/h6H,2-5,7H2,1H3. The number of rotatable bonds is 2. The van der Waals surface area contributed by atoms with Gasteiger partial charge in [0.15, 0.2) is 23.3 Å². The van der Waals surface area contributed by atoms with Crippen molar-refractivity contribution in [1.29, 1.82) is 0 Å². The monoisotopic (exact) mass is 318 g/mol. The van der Waals surface area contributed by atoms with Crippen molar-refractivity contribution in [1.82, 2.24) is 9.80 Å². The summed E-state index contributed by atoms with van der Waals surface area (Å²) in [5.41, 5.74) is -0.922. The number of nitrogens with zero attached hydrogens (tertiary/aromatic N) is 2. The molecule has 1 aliphatic rings. The zero-order valence-corrected chi connectivity index (χ0v) is 11.8. The largest absolute Gasteiger partial charge is 0.341 e. The van der Waals surface area contributed by atoms with Crippen LogP contribution in [0.15, 0.2) is 6.07 Å². The van der Waals surface area contributed by atoms with Gasteiger partial charge in [0.1, 0.15) is 6.54 Å². The van der Waals surface area contributed by atoms with Gasteiger partial charge in [0.2, 0.25) is 5.91 Å². The van der Waals surface area contributed by atoms with Gasteiger partial charge in [0, 0.05) is 19.6 Å². The van der Waals surface area contributed by atoms with E-state index in [9.17, 15) is 27.2 Å². The predicted molar refractivity (Wildman–Crippen MR) is 69.0 cm³/mol. The minimum Gasteiger partial charge on any atom is -0.341 e. The first-order valence-electron chi connectivity index (χ1n) is 6.76. The van der Waals surface area contributed by atoms with E-state index in [0.717, 1.165) is 4.90 Å². The normalized spacial score (nSPS) is 16.0. The topological polar surface area (TPSA) is 40.6 Å². The molecule has 1 aromatic rings. The van der Waals surface area contributed by atoms with E-state index in [4.69, 9.17) is 0 Å². The summed E-state index contributed by atoms with van der Waals surface area (Å²) in [6.45, 7) is 2.51. The molecule has 0 atom stereocenters. The van der Waals surface area contributed by atoms with Crippen LogP contribution in [0.1, 0.15) is 23.7 Å². The molecule has 2 rings (SSSR count). The van der Waals surface area contributed by atoms with E-state index in [-0.39, 0.29) is 19.0 Å². The smallest absolute Gasteiger partial charge is 0.257 e. The van der Waals surface area contributed by atoms with Crippen molar-refractivity contribution in [3.8, 4) is 0 Å². The molecule has 120 valence electrons. The van der Waals surface area contributed by atoms with Gasteiger partial charge in [0.25, 0.3) is 5.91 Å². The van der Waals surface area contributed by atoms with Crippen molar-refractivity contribution >= 4 is 11.8 Å². The van der Waals surface area contributed by atoms with Crippen molar-refractivity contribution in [2.24, 2.45) is 0 Å². The quantitative estimate of drug-likeness (QED) is 0.475. The molecular formula is C14H14F4N2O2. The predicted octanol–water partition coefficient (Wildman–Crippen LogP) is 1.94. The van der Waals surface area contributed by atoms with Gasteiger partial charge in [-0.15, -0.1) is 0 Å². The summed E-state index contributed by atoms with van der Waals surface area (Å²) >= 11 is 0. The van der Waals surface area contributed by atoms with Crippen LogP contribution in [-0.2, 0) is 4.79 Å². The van der Waals surface area contributed by atoms with Crippen LogP contribution in [0, 0.1) is 23.3 Å². The maximum Gasteiger partial charge on any atom is 0.257 e. The Bertz CT molecular complexity index is 621. The van der Waals surface area contributed by atoms with E-state index in [1.807, 2.05) is 0 Å². The molecule has 0 N–H and O–H groups in total. The van der Waals surface area contributed by atoms with E-state index in [2.05, 4.69) is 0 Å². The molecular weight excluding hydrogens is 304 g/mol. The van der Waals surface area contributed by atoms with E-state index < -0.39 is 34.7 Å². The first-order valence-corrected chi connectivity index (χ1v) is 6.76. The Hall–Kier alpha value is -2.12. The van der Waals surface area contributed by atoms with Crippen LogP contribution in [0.5, 0.6) is 0 Å². The highest BCUT2D eigenvalue weighted by molar-refractivity contribution is 5.97. The fourth-order valence-corrected chi connectivity index (χ4v) is 2.33. The molecule has 1 aliphatic heterocycles. The van der Waals surface area contributed by atoms with Crippen LogP contribution in [0.3, 0.4) is 0 Å². The molecule has 1 fully saturated rings. The average Bonchev–Trinajstić information content (AvgIpc) is 2.69. The van der Waals surface area contributed by atoms with Crippen molar-refractivity contribution in [2.75, 3.05) is 26.2 Å². The number of carbonyl (C=O) groups is 2. The summed E-state index contributed by atoms with van der Waals surface area (Å²) < 4.78 is 53.0. The molecule has 1 heterocycles. The number of carbonyl (C=O) groups excluding carboxylic acids is 2. The van der Waals surface area contributed by atoms with Crippen LogP contribution in [0.4, 0.5) is 17.6 Å². The Kier molecular flexibility index (Phi) is 4.68. The SMILES string of the molecule is CCN1CCCN(C(=O)c2cc(F)c(F)c(F)c2F)CC1=O.